The molecule has 0 aliphatic heterocycles. The van der Waals surface area contributed by atoms with E-state index in [1.54, 1.807) is 0 Å². The Morgan fingerprint density at radius 1 is 1.12 bits per heavy atom. The number of benzene rings is 2. The SMILES string of the molecule is C[C@@H](Sc1nc2ccccc2[nH]1)C(=O)NC[C@H](C)c1ccccc1. The molecule has 1 heterocycles. The molecular formula is C19H21N3OS. The van der Waals surface area contributed by atoms with Crippen molar-refractivity contribution in [1.29, 1.82) is 0 Å². The maximum absolute atomic E-state index is 12.3. The first-order chi connectivity index (χ1) is 11.6. The Hall–Kier alpha value is -2.27. The van der Waals surface area contributed by atoms with E-state index in [1.807, 2.05) is 49.4 Å². The molecule has 0 aliphatic rings. The fourth-order valence-electron chi connectivity index (χ4n) is 2.50. The van der Waals surface area contributed by atoms with Crippen LogP contribution in [-0.2, 0) is 4.79 Å². The normalized spacial score (nSPS) is 13.6. The number of para-hydroxylation sites is 2. The first-order valence-corrected chi connectivity index (χ1v) is 8.95. The molecule has 0 spiro atoms. The van der Waals surface area contributed by atoms with Crippen LogP contribution in [0.5, 0.6) is 0 Å². The lowest BCUT2D eigenvalue weighted by atomic mass is 10.0. The summed E-state index contributed by atoms with van der Waals surface area (Å²) in [7, 11) is 0. The zero-order chi connectivity index (χ0) is 16.9. The van der Waals surface area contributed by atoms with Crippen LogP contribution in [0.1, 0.15) is 25.3 Å². The van der Waals surface area contributed by atoms with Crippen LogP contribution in [0.4, 0.5) is 0 Å². The van der Waals surface area contributed by atoms with Gasteiger partial charge in [0.25, 0.3) is 0 Å². The highest BCUT2D eigenvalue weighted by Gasteiger charge is 2.17. The van der Waals surface area contributed by atoms with Gasteiger partial charge in [-0.05, 0) is 30.5 Å². The molecule has 0 unspecified atom stereocenters. The van der Waals surface area contributed by atoms with Crippen LogP contribution in [0.25, 0.3) is 11.0 Å². The number of amides is 1. The van der Waals surface area contributed by atoms with Gasteiger partial charge in [0.2, 0.25) is 5.91 Å². The Kier molecular flexibility index (Phi) is 5.20. The van der Waals surface area contributed by atoms with E-state index in [2.05, 4.69) is 34.3 Å². The third kappa shape index (κ3) is 3.97. The average Bonchev–Trinajstić information content (AvgIpc) is 3.02. The average molecular weight is 339 g/mol. The first-order valence-electron chi connectivity index (χ1n) is 8.07. The molecule has 0 saturated heterocycles. The van der Waals surface area contributed by atoms with E-state index in [9.17, 15) is 4.79 Å². The number of carbonyl (C=O) groups excluding carboxylic acids is 1. The molecule has 124 valence electrons. The van der Waals surface area contributed by atoms with E-state index in [-0.39, 0.29) is 11.2 Å². The van der Waals surface area contributed by atoms with Crippen LogP contribution in [0, 0.1) is 0 Å². The second-order valence-corrected chi connectivity index (χ2v) is 7.21. The zero-order valence-electron chi connectivity index (χ0n) is 13.8. The van der Waals surface area contributed by atoms with Crippen molar-refractivity contribution < 1.29 is 4.79 Å². The van der Waals surface area contributed by atoms with Gasteiger partial charge in [0.05, 0.1) is 16.3 Å². The molecule has 2 aromatic carbocycles. The van der Waals surface area contributed by atoms with Gasteiger partial charge in [0, 0.05) is 6.54 Å². The lowest BCUT2D eigenvalue weighted by Crippen LogP contribution is -2.33. The summed E-state index contributed by atoms with van der Waals surface area (Å²) in [5.74, 6) is 0.321. The van der Waals surface area contributed by atoms with Crippen molar-refractivity contribution in [2.75, 3.05) is 6.54 Å². The van der Waals surface area contributed by atoms with Crippen molar-refractivity contribution >= 4 is 28.7 Å². The highest BCUT2D eigenvalue weighted by atomic mass is 32.2. The quantitative estimate of drug-likeness (QED) is 0.668. The smallest absolute Gasteiger partial charge is 0.233 e. The lowest BCUT2D eigenvalue weighted by molar-refractivity contribution is -0.120. The fraction of sp³-hybridized carbons (Fsp3) is 0.263. The number of carbonyl (C=O) groups is 1. The van der Waals surface area contributed by atoms with Crippen LogP contribution in [0.3, 0.4) is 0 Å². The third-order valence-corrected chi connectivity index (χ3v) is 4.96. The number of nitrogens with one attached hydrogen (secondary N) is 2. The number of thioether (sulfide) groups is 1. The Labute approximate surface area is 146 Å². The van der Waals surface area contributed by atoms with Crippen molar-refractivity contribution in [3.05, 3.63) is 60.2 Å². The van der Waals surface area contributed by atoms with Gasteiger partial charge in [0.1, 0.15) is 0 Å². The summed E-state index contributed by atoms with van der Waals surface area (Å²) in [6.07, 6.45) is 0. The molecule has 1 aromatic heterocycles. The monoisotopic (exact) mass is 339 g/mol. The van der Waals surface area contributed by atoms with Crippen molar-refractivity contribution in [2.45, 2.75) is 30.2 Å². The third-order valence-electron chi connectivity index (χ3n) is 3.98. The Morgan fingerprint density at radius 2 is 1.83 bits per heavy atom. The molecule has 4 nitrogen and oxygen atoms in total. The van der Waals surface area contributed by atoms with E-state index < -0.39 is 0 Å². The molecule has 24 heavy (non-hydrogen) atoms. The Bertz CT molecular complexity index is 783. The summed E-state index contributed by atoms with van der Waals surface area (Å²) in [4.78, 5) is 20.1. The summed E-state index contributed by atoms with van der Waals surface area (Å²) in [6, 6.07) is 18.1. The number of rotatable bonds is 6. The van der Waals surface area contributed by atoms with Crippen molar-refractivity contribution in [2.24, 2.45) is 0 Å². The second-order valence-electron chi connectivity index (χ2n) is 5.88. The van der Waals surface area contributed by atoms with Crippen LogP contribution < -0.4 is 5.32 Å². The van der Waals surface area contributed by atoms with Crippen LogP contribution in [-0.4, -0.2) is 27.7 Å². The Balaban J connectivity index is 1.54. The minimum atomic E-state index is -0.200. The topological polar surface area (TPSA) is 57.8 Å². The molecule has 0 radical (unpaired) electrons. The Morgan fingerprint density at radius 3 is 2.58 bits per heavy atom. The van der Waals surface area contributed by atoms with Gasteiger partial charge in [0.15, 0.2) is 5.16 Å². The van der Waals surface area contributed by atoms with Crippen LogP contribution >= 0.6 is 11.8 Å². The summed E-state index contributed by atoms with van der Waals surface area (Å²) in [5.41, 5.74) is 3.14. The van der Waals surface area contributed by atoms with Gasteiger partial charge in [-0.25, -0.2) is 4.98 Å². The number of hydrogen-bond donors (Lipinski definition) is 2. The maximum Gasteiger partial charge on any atom is 0.233 e. The van der Waals surface area contributed by atoms with Gasteiger partial charge >= 0.3 is 0 Å². The van der Waals surface area contributed by atoms with Gasteiger partial charge in [-0.1, -0.05) is 61.2 Å². The highest BCUT2D eigenvalue weighted by molar-refractivity contribution is 8.00. The number of aromatic nitrogens is 2. The zero-order valence-corrected chi connectivity index (χ0v) is 14.6. The lowest BCUT2D eigenvalue weighted by Gasteiger charge is -2.15. The summed E-state index contributed by atoms with van der Waals surface area (Å²) >= 11 is 1.45. The van der Waals surface area contributed by atoms with Gasteiger partial charge in [-0.2, -0.15) is 0 Å². The summed E-state index contributed by atoms with van der Waals surface area (Å²) in [5, 5.41) is 3.61. The first kappa shape index (κ1) is 16.6. The van der Waals surface area contributed by atoms with E-state index in [0.29, 0.717) is 12.5 Å². The van der Waals surface area contributed by atoms with Crippen LogP contribution in [0.15, 0.2) is 59.8 Å². The standard InChI is InChI=1S/C19H21N3OS/c1-13(15-8-4-3-5-9-15)12-20-18(23)14(2)24-19-21-16-10-6-7-11-17(16)22-19/h3-11,13-14H,12H2,1-2H3,(H,20,23)(H,21,22)/t13-,14+/m0/s1. The maximum atomic E-state index is 12.3. The number of H-pyrrole nitrogens is 1. The number of nitrogens with zero attached hydrogens (tertiary/aromatic N) is 1. The minimum Gasteiger partial charge on any atom is -0.355 e. The molecule has 3 aromatic rings. The predicted octanol–water partition coefficient (Wildman–Crippen LogP) is 3.96. The molecule has 2 N–H and O–H groups in total. The van der Waals surface area contributed by atoms with Crippen molar-refractivity contribution in [3.8, 4) is 0 Å². The predicted molar refractivity (Wildman–Crippen MR) is 99.3 cm³/mol. The second kappa shape index (κ2) is 7.53. The van der Waals surface area contributed by atoms with Gasteiger partial charge in [-0.3, -0.25) is 4.79 Å². The summed E-state index contributed by atoms with van der Waals surface area (Å²) in [6.45, 7) is 4.65. The summed E-state index contributed by atoms with van der Waals surface area (Å²) < 4.78 is 0. The molecule has 0 saturated carbocycles. The van der Waals surface area contributed by atoms with E-state index in [1.165, 1.54) is 17.3 Å². The minimum absolute atomic E-state index is 0.0308. The molecule has 2 atom stereocenters. The van der Waals surface area contributed by atoms with E-state index in [4.69, 9.17) is 0 Å². The van der Waals surface area contributed by atoms with Crippen molar-refractivity contribution in [3.63, 3.8) is 0 Å². The highest BCUT2D eigenvalue weighted by Crippen LogP contribution is 2.23. The van der Waals surface area contributed by atoms with Crippen LogP contribution in [0.2, 0.25) is 0 Å². The molecular weight excluding hydrogens is 318 g/mol. The van der Waals surface area contributed by atoms with E-state index in [0.717, 1.165) is 16.2 Å². The molecule has 0 bridgehead atoms. The van der Waals surface area contributed by atoms with E-state index >= 15 is 0 Å². The van der Waals surface area contributed by atoms with Crippen molar-refractivity contribution in [1.82, 2.24) is 15.3 Å². The largest absolute Gasteiger partial charge is 0.355 e. The number of imidazole rings is 1. The molecule has 5 heteroatoms. The molecule has 3 rings (SSSR count). The van der Waals surface area contributed by atoms with Gasteiger partial charge < -0.3 is 10.3 Å². The number of fused-ring (bicyclic) bond motifs is 1. The molecule has 0 aliphatic carbocycles. The number of aromatic amines is 1. The molecule has 0 fully saturated rings. The number of hydrogen-bond acceptors (Lipinski definition) is 3. The molecule has 1 amide bonds. The van der Waals surface area contributed by atoms with Gasteiger partial charge in [-0.15, -0.1) is 0 Å². The fourth-order valence-corrected chi connectivity index (χ4v) is 3.35.